The number of aliphatic hydroxyl groups is 4. The number of fused-ring (bicyclic) bond motifs is 28. The lowest BCUT2D eigenvalue weighted by Gasteiger charge is -2.50. The third-order valence-corrected chi connectivity index (χ3v) is 27.7. The molecule has 33 atom stereocenters. The van der Waals surface area contributed by atoms with Crippen molar-refractivity contribution in [2.24, 2.45) is 160 Å². The lowest BCUT2D eigenvalue weighted by molar-refractivity contribution is -0.418. The van der Waals surface area contributed by atoms with Gasteiger partial charge < -0.3 is 34.6 Å². The van der Waals surface area contributed by atoms with Crippen LogP contribution in [0, 0.1) is 160 Å². The van der Waals surface area contributed by atoms with Gasteiger partial charge in [0, 0.05) is 6.42 Å². The maximum atomic E-state index is 14.8. The predicted octanol–water partition coefficient (Wildman–Crippen LogP) is 12.4. The smallest absolute Gasteiger partial charge is 0.381 e. The Morgan fingerprint density at radius 3 is 1.22 bits per heavy atom. The van der Waals surface area contributed by atoms with E-state index in [0.29, 0.717) is 133 Å². The highest BCUT2D eigenvalue weighted by Gasteiger charge is 2.92. The first-order valence-corrected chi connectivity index (χ1v) is 29.4. The van der Waals surface area contributed by atoms with E-state index >= 15 is 0 Å². The maximum absolute atomic E-state index is 14.8. The van der Waals surface area contributed by atoms with E-state index in [1.54, 1.807) is 0 Å². The number of alkyl halides is 15. The molecule has 4 N–H and O–H groups in total. The van der Waals surface area contributed by atoms with Crippen LogP contribution in [0.2, 0.25) is 0 Å². The van der Waals surface area contributed by atoms with Crippen molar-refractivity contribution in [1.82, 2.24) is 0 Å². The molecule has 7 nitrogen and oxygen atoms in total. The van der Waals surface area contributed by atoms with Gasteiger partial charge in [0.15, 0.2) is 5.60 Å². The summed E-state index contributed by atoms with van der Waals surface area (Å²) in [6.07, 6.45) is -12.2. The molecule has 12 saturated carbocycles. The summed E-state index contributed by atoms with van der Waals surface area (Å²) < 4.78 is 220. The molecule has 15 aliphatic rings. The average Bonchev–Trinajstić information content (AvgIpc) is 3.51. The summed E-state index contributed by atoms with van der Waals surface area (Å²) >= 11 is 0. The Morgan fingerprint density at radius 2 is 0.797 bits per heavy atom. The molecule has 3 heterocycles. The maximum Gasteiger partial charge on any atom is 0.449 e. The van der Waals surface area contributed by atoms with Crippen LogP contribution in [-0.4, -0.2) is 98.0 Å². The van der Waals surface area contributed by atoms with Crippen molar-refractivity contribution < 1.29 is 100 Å². The third kappa shape index (κ3) is 6.64. The van der Waals surface area contributed by atoms with Crippen LogP contribution in [0.15, 0.2) is 0 Å². The van der Waals surface area contributed by atoms with Gasteiger partial charge in [-0.3, -0.25) is 0 Å². The quantitative estimate of drug-likeness (QED) is 0.161. The van der Waals surface area contributed by atoms with Crippen LogP contribution >= 0.6 is 0 Å². The van der Waals surface area contributed by atoms with Crippen molar-refractivity contribution in [3.8, 4) is 0 Å². The van der Waals surface area contributed by atoms with Crippen LogP contribution in [0.1, 0.15) is 113 Å². The molecule has 12 aliphatic carbocycles. The number of halogens is 15. The van der Waals surface area contributed by atoms with E-state index < -0.39 is 102 Å². The van der Waals surface area contributed by atoms with E-state index in [4.69, 9.17) is 9.47 Å². The van der Waals surface area contributed by atoms with Gasteiger partial charge in [-0.25, -0.2) is 8.78 Å². The standard InChI is InChI=1S/C19H25F5O3.2C19H25F5O2/c1-7-8(2)11-5-10(7)13-9-4-12(14(11)13)16(6-9)15(3,25)17(20,21)18(26,27-16)19(22,23)24;1-7-8(2)11-5-10(7)15-9-3-12(13(4-9)16(11)15)14-6-26-18(25,17(14,20)21)19(22,23)24;1-7-8(2)11-5-10(7)15-9-3-12(13(4-9)16(11)15)14-6-17(20,21)18(25,26-14)19(22,23)24/h7-14,25-26H,4-6H2,1-3H3;2*7-16,25H,3-6H2,1-2H3. The van der Waals surface area contributed by atoms with Gasteiger partial charge in [0.05, 0.1) is 18.6 Å². The van der Waals surface area contributed by atoms with Crippen molar-refractivity contribution in [2.75, 3.05) is 6.61 Å². The highest BCUT2D eigenvalue weighted by Crippen LogP contribution is 2.79. The van der Waals surface area contributed by atoms with Gasteiger partial charge in [-0.15, -0.1) is 0 Å². The van der Waals surface area contributed by atoms with Gasteiger partial charge in [0.1, 0.15) is 5.60 Å². The van der Waals surface area contributed by atoms with Crippen molar-refractivity contribution >= 4 is 0 Å². The molecule has 1 spiro atoms. The molecule has 15 rings (SSSR count). The van der Waals surface area contributed by atoms with Crippen LogP contribution in [0.25, 0.3) is 0 Å². The Morgan fingerprint density at radius 1 is 0.405 bits per heavy atom. The molecule has 0 aromatic heterocycles. The fourth-order valence-electron chi connectivity index (χ4n) is 24.2. The Kier molecular flexibility index (Phi) is 11.9. The van der Waals surface area contributed by atoms with E-state index in [-0.39, 0.29) is 41.9 Å². The predicted molar refractivity (Wildman–Crippen MR) is 248 cm³/mol. The molecule has 0 amide bonds. The fourth-order valence-corrected chi connectivity index (χ4v) is 24.2. The first kappa shape index (κ1) is 56.8. The minimum absolute atomic E-state index is 0.0159. The molecule has 3 aliphatic heterocycles. The van der Waals surface area contributed by atoms with Crippen LogP contribution in [0.3, 0.4) is 0 Å². The zero-order valence-corrected chi connectivity index (χ0v) is 45.1. The molecule has 0 aromatic carbocycles. The van der Waals surface area contributed by atoms with E-state index in [1.165, 1.54) is 6.42 Å². The second kappa shape index (κ2) is 16.6. The molecule has 12 bridgehead atoms. The Balaban J connectivity index is 0.000000112. The first-order chi connectivity index (χ1) is 36.2. The largest absolute Gasteiger partial charge is 0.449 e. The molecular formula is C57H75F15O7. The monoisotopic (exact) mass is 1160 g/mol. The molecule has 0 aromatic rings. The fraction of sp³-hybridized carbons (Fsp3) is 1.00. The lowest BCUT2D eigenvalue weighted by Crippen LogP contribution is -2.65. The SMILES string of the molecule is CC1C(C)C2CC1C1C3CC(C(C4COC(O)(C(F)(F)F)C4(F)F)C3)C21.CC1C(C)C2CC1C1C3CC(C21)C1(C3)OC(O)(C(F)(F)F)C(F)(F)C1(C)O.CC1C(C)C2CC1C1C3CC(C4CC(F)(F)C(O)(C(F)(F)F)O4)C(C3)C21. The highest BCUT2D eigenvalue weighted by molar-refractivity contribution is 5.30. The van der Waals surface area contributed by atoms with Gasteiger partial charge in [-0.05, 0) is 219 Å². The highest BCUT2D eigenvalue weighted by atomic mass is 19.4. The number of ether oxygens (including phenoxy) is 3. The van der Waals surface area contributed by atoms with Crippen molar-refractivity contribution in [2.45, 2.75) is 184 Å². The summed E-state index contributed by atoms with van der Waals surface area (Å²) in [5.41, 5.74) is -5.16. The van der Waals surface area contributed by atoms with Crippen LogP contribution < -0.4 is 0 Å². The second-order valence-corrected chi connectivity index (χ2v) is 29.4. The zero-order valence-electron chi connectivity index (χ0n) is 45.1. The molecular weight excluding hydrogens is 1080 g/mol. The molecule has 33 unspecified atom stereocenters. The van der Waals surface area contributed by atoms with Gasteiger partial charge in [0.2, 0.25) is 0 Å². The Labute approximate surface area is 449 Å². The van der Waals surface area contributed by atoms with E-state index in [9.17, 15) is 86.3 Å². The summed E-state index contributed by atoms with van der Waals surface area (Å²) in [5, 5.41) is 40.0. The van der Waals surface area contributed by atoms with Crippen molar-refractivity contribution in [1.29, 1.82) is 0 Å². The summed E-state index contributed by atoms with van der Waals surface area (Å²) in [7, 11) is 0. The van der Waals surface area contributed by atoms with E-state index in [0.717, 1.165) is 25.7 Å². The minimum Gasteiger partial charge on any atom is -0.381 e. The molecule has 79 heavy (non-hydrogen) atoms. The van der Waals surface area contributed by atoms with Gasteiger partial charge in [0.25, 0.3) is 0 Å². The number of hydrogen-bond acceptors (Lipinski definition) is 7. The topological polar surface area (TPSA) is 109 Å². The summed E-state index contributed by atoms with van der Waals surface area (Å²) in [5.74, 6) is -19.8. The molecule has 0 radical (unpaired) electrons. The molecule has 450 valence electrons. The Bertz CT molecular complexity index is 2440. The zero-order chi connectivity index (χ0) is 57.6. The third-order valence-electron chi connectivity index (χ3n) is 27.7. The summed E-state index contributed by atoms with van der Waals surface area (Å²) in [6.45, 7) is 13.4. The minimum atomic E-state index is -5.71. The van der Waals surface area contributed by atoms with Crippen LogP contribution in [0.5, 0.6) is 0 Å². The van der Waals surface area contributed by atoms with E-state index in [1.807, 2.05) is 0 Å². The summed E-state index contributed by atoms with van der Waals surface area (Å²) in [6, 6.07) is 0. The van der Waals surface area contributed by atoms with E-state index in [2.05, 4.69) is 46.3 Å². The van der Waals surface area contributed by atoms with Gasteiger partial charge in [-0.1, -0.05) is 41.5 Å². The second-order valence-electron chi connectivity index (χ2n) is 29.4. The number of rotatable bonds is 2. The molecule has 22 heteroatoms. The molecule has 3 saturated heterocycles. The van der Waals surface area contributed by atoms with Gasteiger partial charge >= 0.3 is 53.7 Å². The average molecular weight is 1160 g/mol. The first-order valence-electron chi connectivity index (χ1n) is 29.4. The van der Waals surface area contributed by atoms with Crippen molar-refractivity contribution in [3.63, 3.8) is 0 Å². The van der Waals surface area contributed by atoms with Crippen LogP contribution in [0.4, 0.5) is 65.9 Å². The molecule has 15 fully saturated rings. The lowest BCUT2D eigenvalue weighted by atomic mass is 9.58. The van der Waals surface area contributed by atoms with Gasteiger partial charge in [-0.2, -0.15) is 57.1 Å². The Hall–Kier alpha value is -1.33. The number of hydrogen-bond donors (Lipinski definition) is 4. The van der Waals surface area contributed by atoms with Crippen LogP contribution in [-0.2, 0) is 14.2 Å². The van der Waals surface area contributed by atoms with Crippen molar-refractivity contribution in [3.05, 3.63) is 0 Å². The summed E-state index contributed by atoms with van der Waals surface area (Å²) in [4.78, 5) is 0. The normalized spacial score (nSPS) is 61.1.